The van der Waals surface area contributed by atoms with E-state index in [-0.39, 0.29) is 0 Å². The fraction of sp³-hybridized carbons (Fsp3) is 1.00. The molecule has 2 saturated carbocycles. The van der Waals surface area contributed by atoms with Crippen LogP contribution in [0.4, 0.5) is 0 Å². The predicted octanol–water partition coefficient (Wildman–Crippen LogP) is 4.20. The summed E-state index contributed by atoms with van der Waals surface area (Å²) in [5.74, 6) is 0. The average Bonchev–Trinajstić information content (AvgIpc) is 2.72. The summed E-state index contributed by atoms with van der Waals surface area (Å²) in [6.45, 7) is 6.18. The minimum absolute atomic E-state index is 0.554. The Morgan fingerprint density at radius 3 is 2.10 bits per heavy atom. The molecule has 0 bridgehead atoms. The molecule has 0 saturated heterocycles. The maximum Gasteiger partial charge on any atom is 0.00953 e. The second-order valence-electron chi connectivity index (χ2n) is 7.30. The van der Waals surface area contributed by atoms with E-state index in [0.29, 0.717) is 5.41 Å². The van der Waals surface area contributed by atoms with E-state index in [9.17, 15) is 0 Å². The van der Waals surface area contributed by atoms with E-state index in [4.69, 9.17) is 0 Å². The van der Waals surface area contributed by atoms with Gasteiger partial charge in [-0.1, -0.05) is 51.9 Å². The molecule has 1 N–H and O–H groups in total. The second kappa shape index (κ2) is 8.38. The predicted molar refractivity (Wildman–Crippen MR) is 88.2 cm³/mol. The SMILES string of the molecule is CCN(CC1(CNC)CCCCCC1)C1CCCCC1. The zero-order chi connectivity index (χ0) is 14.3. The number of hydrogen-bond donors (Lipinski definition) is 1. The highest BCUT2D eigenvalue weighted by Crippen LogP contribution is 2.37. The Morgan fingerprint density at radius 1 is 0.950 bits per heavy atom. The van der Waals surface area contributed by atoms with Gasteiger partial charge in [0.2, 0.25) is 0 Å². The summed E-state index contributed by atoms with van der Waals surface area (Å²) < 4.78 is 0. The standard InChI is InChI=1S/C18H36N2/c1-3-20(17-11-7-6-8-12-17)16-18(15-19-2)13-9-4-5-10-14-18/h17,19H,3-16H2,1-2H3. The van der Waals surface area contributed by atoms with Gasteiger partial charge in [0, 0.05) is 19.1 Å². The minimum atomic E-state index is 0.554. The molecule has 0 aliphatic heterocycles. The van der Waals surface area contributed by atoms with Crippen LogP contribution < -0.4 is 5.32 Å². The van der Waals surface area contributed by atoms with Crippen LogP contribution in [0.3, 0.4) is 0 Å². The molecule has 2 nitrogen and oxygen atoms in total. The first-order valence-electron chi connectivity index (χ1n) is 9.18. The van der Waals surface area contributed by atoms with Gasteiger partial charge in [-0.25, -0.2) is 0 Å². The van der Waals surface area contributed by atoms with Crippen molar-refractivity contribution in [2.75, 3.05) is 26.7 Å². The van der Waals surface area contributed by atoms with Crippen LogP contribution in [-0.2, 0) is 0 Å². The fourth-order valence-electron chi connectivity index (χ4n) is 4.62. The normalized spacial score (nSPS) is 24.8. The smallest absolute Gasteiger partial charge is 0.00953 e. The summed E-state index contributed by atoms with van der Waals surface area (Å²) in [5.41, 5.74) is 0.554. The van der Waals surface area contributed by atoms with Crippen LogP contribution in [0.25, 0.3) is 0 Å². The third-order valence-corrected chi connectivity index (χ3v) is 5.75. The maximum absolute atomic E-state index is 3.51. The van der Waals surface area contributed by atoms with Gasteiger partial charge in [-0.05, 0) is 44.7 Å². The molecule has 0 heterocycles. The molecule has 0 aromatic heterocycles. The molecule has 0 amide bonds. The van der Waals surface area contributed by atoms with Crippen molar-refractivity contribution in [3.05, 3.63) is 0 Å². The van der Waals surface area contributed by atoms with Crippen molar-refractivity contribution in [2.24, 2.45) is 5.41 Å². The molecular weight excluding hydrogens is 244 g/mol. The van der Waals surface area contributed by atoms with Gasteiger partial charge in [0.05, 0.1) is 0 Å². The Balaban J connectivity index is 1.99. The van der Waals surface area contributed by atoms with Crippen LogP contribution in [0, 0.1) is 5.41 Å². The molecule has 118 valence electrons. The lowest BCUT2D eigenvalue weighted by molar-refractivity contribution is 0.0810. The van der Waals surface area contributed by atoms with Gasteiger partial charge in [0.1, 0.15) is 0 Å². The number of nitrogens with one attached hydrogen (secondary N) is 1. The van der Waals surface area contributed by atoms with Crippen LogP contribution in [0.2, 0.25) is 0 Å². The minimum Gasteiger partial charge on any atom is -0.319 e. The molecule has 2 heteroatoms. The van der Waals surface area contributed by atoms with E-state index in [1.165, 1.54) is 90.3 Å². The van der Waals surface area contributed by atoms with Gasteiger partial charge in [-0.15, -0.1) is 0 Å². The number of rotatable bonds is 6. The van der Waals surface area contributed by atoms with Crippen molar-refractivity contribution >= 4 is 0 Å². The lowest BCUT2D eigenvalue weighted by Crippen LogP contribution is -2.47. The highest BCUT2D eigenvalue weighted by atomic mass is 15.2. The second-order valence-corrected chi connectivity index (χ2v) is 7.30. The molecule has 0 unspecified atom stereocenters. The summed E-state index contributed by atoms with van der Waals surface area (Å²) in [5, 5.41) is 3.51. The molecular formula is C18H36N2. The molecule has 0 aromatic carbocycles. The van der Waals surface area contributed by atoms with Gasteiger partial charge in [-0.2, -0.15) is 0 Å². The van der Waals surface area contributed by atoms with Crippen LogP contribution in [0.15, 0.2) is 0 Å². The van der Waals surface area contributed by atoms with Crippen molar-refractivity contribution in [3.63, 3.8) is 0 Å². The molecule has 0 atom stereocenters. The molecule has 20 heavy (non-hydrogen) atoms. The van der Waals surface area contributed by atoms with Crippen LogP contribution in [0.1, 0.15) is 77.6 Å². The van der Waals surface area contributed by atoms with Gasteiger partial charge in [0.15, 0.2) is 0 Å². The lowest BCUT2D eigenvalue weighted by atomic mass is 9.78. The first-order valence-corrected chi connectivity index (χ1v) is 9.18. The van der Waals surface area contributed by atoms with E-state index < -0.39 is 0 Å². The third kappa shape index (κ3) is 4.46. The third-order valence-electron chi connectivity index (χ3n) is 5.75. The van der Waals surface area contributed by atoms with E-state index in [2.05, 4.69) is 24.2 Å². The van der Waals surface area contributed by atoms with Crippen LogP contribution >= 0.6 is 0 Å². The summed E-state index contributed by atoms with van der Waals surface area (Å²) in [6.07, 6.45) is 16.0. The van der Waals surface area contributed by atoms with Crippen molar-refractivity contribution < 1.29 is 0 Å². The summed E-state index contributed by atoms with van der Waals surface area (Å²) in [6, 6.07) is 0.880. The van der Waals surface area contributed by atoms with E-state index >= 15 is 0 Å². The fourth-order valence-corrected chi connectivity index (χ4v) is 4.62. The Hall–Kier alpha value is -0.0800. The van der Waals surface area contributed by atoms with Crippen molar-refractivity contribution in [2.45, 2.75) is 83.6 Å². The van der Waals surface area contributed by atoms with Gasteiger partial charge >= 0.3 is 0 Å². The Morgan fingerprint density at radius 2 is 1.55 bits per heavy atom. The van der Waals surface area contributed by atoms with E-state index in [1.54, 1.807) is 0 Å². The van der Waals surface area contributed by atoms with Crippen molar-refractivity contribution in [3.8, 4) is 0 Å². The Kier molecular flexibility index (Phi) is 6.83. The summed E-state index contributed by atoms with van der Waals surface area (Å²) in [4.78, 5) is 2.84. The highest BCUT2D eigenvalue weighted by Gasteiger charge is 2.34. The van der Waals surface area contributed by atoms with Gasteiger partial charge < -0.3 is 10.2 Å². The zero-order valence-electron chi connectivity index (χ0n) is 13.9. The topological polar surface area (TPSA) is 15.3 Å². The van der Waals surface area contributed by atoms with Gasteiger partial charge in [0.25, 0.3) is 0 Å². The average molecular weight is 280 g/mol. The Bertz CT molecular complexity index is 250. The van der Waals surface area contributed by atoms with Gasteiger partial charge in [-0.3, -0.25) is 0 Å². The van der Waals surface area contributed by atoms with Crippen molar-refractivity contribution in [1.82, 2.24) is 10.2 Å². The number of nitrogens with zero attached hydrogens (tertiary/aromatic N) is 1. The van der Waals surface area contributed by atoms with Crippen LogP contribution in [-0.4, -0.2) is 37.6 Å². The molecule has 2 aliphatic carbocycles. The highest BCUT2D eigenvalue weighted by molar-refractivity contribution is 4.89. The van der Waals surface area contributed by atoms with Crippen molar-refractivity contribution in [1.29, 1.82) is 0 Å². The molecule has 2 fully saturated rings. The largest absolute Gasteiger partial charge is 0.319 e. The number of hydrogen-bond acceptors (Lipinski definition) is 2. The molecule has 2 rings (SSSR count). The summed E-state index contributed by atoms with van der Waals surface area (Å²) >= 11 is 0. The van der Waals surface area contributed by atoms with Crippen LogP contribution in [0.5, 0.6) is 0 Å². The molecule has 2 aliphatic rings. The maximum atomic E-state index is 3.51. The van der Waals surface area contributed by atoms with E-state index in [0.717, 1.165) is 6.04 Å². The first kappa shape index (κ1) is 16.3. The quantitative estimate of drug-likeness (QED) is 0.734. The monoisotopic (exact) mass is 280 g/mol. The Labute approximate surface area is 126 Å². The lowest BCUT2D eigenvalue weighted by Gasteiger charge is -2.42. The molecule has 0 radical (unpaired) electrons. The molecule has 0 aromatic rings. The zero-order valence-corrected chi connectivity index (χ0v) is 13.9. The first-order chi connectivity index (χ1) is 9.79. The summed E-state index contributed by atoms with van der Waals surface area (Å²) in [7, 11) is 2.14. The van der Waals surface area contributed by atoms with E-state index in [1.807, 2.05) is 0 Å². The molecule has 0 spiro atoms.